The van der Waals surface area contributed by atoms with Gasteiger partial charge in [0.1, 0.15) is 6.61 Å². The molecule has 1 N–H and O–H groups in total. The third-order valence-corrected chi connectivity index (χ3v) is 5.42. The lowest BCUT2D eigenvalue weighted by Gasteiger charge is -2.18. The van der Waals surface area contributed by atoms with Crippen molar-refractivity contribution in [2.24, 2.45) is 0 Å². The van der Waals surface area contributed by atoms with Crippen LogP contribution in [-0.4, -0.2) is 25.9 Å². The summed E-state index contributed by atoms with van der Waals surface area (Å²) >= 11 is 0. The van der Waals surface area contributed by atoms with Crippen molar-refractivity contribution < 1.29 is 10.9 Å². The van der Waals surface area contributed by atoms with E-state index in [0.717, 1.165) is 38.8 Å². The average Bonchev–Trinajstić information content (AvgIpc) is 3.04. The third kappa shape index (κ3) is 4.96. The van der Waals surface area contributed by atoms with Crippen molar-refractivity contribution in [3.63, 3.8) is 0 Å². The number of hydrogen-bond acceptors (Lipinski definition) is 3. The molecule has 0 heterocycles. The Morgan fingerprint density at radius 2 is 1.68 bits per heavy atom. The van der Waals surface area contributed by atoms with Gasteiger partial charge in [-0.2, -0.15) is 0 Å². The highest BCUT2D eigenvalue weighted by Gasteiger charge is 2.28. The summed E-state index contributed by atoms with van der Waals surface area (Å²) in [5.74, 6) is 0.920. The topological polar surface area (TPSA) is 30.5 Å². The highest BCUT2D eigenvalue weighted by molar-refractivity contribution is 5.78. The maximum Gasteiger partial charge on any atom is 0.179 e. The standard InChI is InChI=1S/C25H33NO2.H2/c1-4-11-20(27-5-2)12-10-17-26-19(3)28-18-25-23-15-8-6-13-21(23)22-14-7-9-16-24(22)25;/h6-9,13-16,20,25-26H,3-5,10-12,17-18H2,1-2H3;1H. The summed E-state index contributed by atoms with van der Waals surface area (Å²) in [6.07, 6.45) is 4.80. The SMILES string of the molecule is C=C(NCCCC(CCC)OCC)OCC1c2ccccc2-c2ccccc21.[HH]. The molecule has 0 saturated heterocycles. The molecule has 0 aromatic heterocycles. The molecule has 0 fully saturated rings. The van der Waals surface area contributed by atoms with Gasteiger partial charge in [0, 0.05) is 20.5 Å². The monoisotopic (exact) mass is 381 g/mol. The fourth-order valence-corrected chi connectivity index (χ4v) is 4.10. The van der Waals surface area contributed by atoms with Crippen LogP contribution in [0.15, 0.2) is 61.0 Å². The normalized spacial score (nSPS) is 13.6. The number of fused-ring (bicyclic) bond motifs is 3. The zero-order valence-electron chi connectivity index (χ0n) is 17.2. The van der Waals surface area contributed by atoms with Crippen LogP contribution < -0.4 is 5.32 Å². The first-order chi connectivity index (χ1) is 13.7. The molecule has 3 nitrogen and oxygen atoms in total. The second-order valence-corrected chi connectivity index (χ2v) is 7.40. The van der Waals surface area contributed by atoms with Gasteiger partial charge in [0.25, 0.3) is 0 Å². The van der Waals surface area contributed by atoms with Crippen LogP contribution in [0.5, 0.6) is 0 Å². The molecule has 0 aliphatic heterocycles. The van der Waals surface area contributed by atoms with Gasteiger partial charge in [-0.1, -0.05) is 61.9 Å². The first-order valence-corrected chi connectivity index (χ1v) is 10.6. The number of benzene rings is 2. The lowest BCUT2D eigenvalue weighted by atomic mass is 9.98. The van der Waals surface area contributed by atoms with E-state index >= 15 is 0 Å². The second-order valence-electron chi connectivity index (χ2n) is 7.40. The van der Waals surface area contributed by atoms with Gasteiger partial charge in [-0.05, 0) is 55.0 Å². The van der Waals surface area contributed by atoms with Gasteiger partial charge < -0.3 is 14.8 Å². The van der Waals surface area contributed by atoms with E-state index in [1.54, 1.807) is 0 Å². The molecule has 3 heteroatoms. The van der Waals surface area contributed by atoms with Crippen LogP contribution in [0.2, 0.25) is 0 Å². The minimum absolute atomic E-state index is 0. The van der Waals surface area contributed by atoms with Gasteiger partial charge >= 0.3 is 0 Å². The molecule has 0 spiro atoms. The minimum Gasteiger partial charge on any atom is -0.479 e. The van der Waals surface area contributed by atoms with E-state index in [-0.39, 0.29) is 7.34 Å². The van der Waals surface area contributed by atoms with E-state index in [2.05, 4.69) is 74.3 Å². The van der Waals surface area contributed by atoms with E-state index in [1.807, 2.05) is 0 Å². The molecule has 1 atom stereocenters. The van der Waals surface area contributed by atoms with Crippen molar-refractivity contribution in [2.45, 2.75) is 51.6 Å². The smallest absolute Gasteiger partial charge is 0.179 e. The zero-order valence-corrected chi connectivity index (χ0v) is 17.2. The largest absolute Gasteiger partial charge is 0.479 e. The van der Waals surface area contributed by atoms with Crippen LogP contribution in [0.1, 0.15) is 58.0 Å². The summed E-state index contributed by atoms with van der Waals surface area (Å²) in [7, 11) is 0. The minimum atomic E-state index is 0. The molecule has 0 radical (unpaired) electrons. The molecular formula is C25H35NO2. The van der Waals surface area contributed by atoms with Crippen molar-refractivity contribution in [2.75, 3.05) is 19.8 Å². The van der Waals surface area contributed by atoms with Crippen LogP contribution in [0.25, 0.3) is 11.1 Å². The van der Waals surface area contributed by atoms with Gasteiger partial charge in [0.05, 0.1) is 6.10 Å². The number of rotatable bonds is 12. The van der Waals surface area contributed by atoms with E-state index in [1.165, 1.54) is 22.3 Å². The molecule has 0 saturated carbocycles. The Bertz CT molecular complexity index is 725. The highest BCUT2D eigenvalue weighted by atomic mass is 16.5. The van der Waals surface area contributed by atoms with E-state index in [0.29, 0.717) is 18.6 Å². The Kier molecular flexibility index (Phi) is 7.55. The van der Waals surface area contributed by atoms with Crippen LogP contribution in [0.4, 0.5) is 0 Å². The van der Waals surface area contributed by atoms with Gasteiger partial charge in [-0.15, -0.1) is 0 Å². The summed E-state index contributed by atoms with van der Waals surface area (Å²) in [6, 6.07) is 17.2. The molecule has 1 aliphatic carbocycles. The van der Waals surface area contributed by atoms with Crippen LogP contribution >= 0.6 is 0 Å². The lowest BCUT2D eigenvalue weighted by molar-refractivity contribution is 0.0487. The summed E-state index contributed by atoms with van der Waals surface area (Å²) in [6.45, 7) is 10.6. The zero-order chi connectivity index (χ0) is 19.8. The third-order valence-electron chi connectivity index (χ3n) is 5.42. The molecule has 28 heavy (non-hydrogen) atoms. The van der Waals surface area contributed by atoms with Gasteiger partial charge in [-0.25, -0.2) is 0 Å². The van der Waals surface area contributed by atoms with E-state index in [9.17, 15) is 0 Å². The molecule has 0 amide bonds. The molecule has 3 rings (SSSR count). The van der Waals surface area contributed by atoms with Crippen LogP contribution in [-0.2, 0) is 9.47 Å². The second kappa shape index (κ2) is 10.3. The Hall–Kier alpha value is -2.26. The molecule has 0 bridgehead atoms. The van der Waals surface area contributed by atoms with Crippen LogP contribution in [0, 0.1) is 0 Å². The van der Waals surface area contributed by atoms with Crippen molar-refractivity contribution >= 4 is 0 Å². The predicted octanol–water partition coefficient (Wildman–Crippen LogP) is 6.11. The highest BCUT2D eigenvalue weighted by Crippen LogP contribution is 2.44. The van der Waals surface area contributed by atoms with Crippen molar-refractivity contribution in [1.82, 2.24) is 5.32 Å². The fraction of sp³-hybridized carbons (Fsp3) is 0.440. The number of nitrogens with one attached hydrogen (secondary N) is 1. The number of ether oxygens (including phenoxy) is 2. The predicted molar refractivity (Wildman–Crippen MR) is 118 cm³/mol. The first-order valence-electron chi connectivity index (χ1n) is 10.6. The molecule has 152 valence electrons. The van der Waals surface area contributed by atoms with Crippen molar-refractivity contribution in [1.29, 1.82) is 0 Å². The fourth-order valence-electron chi connectivity index (χ4n) is 4.10. The quantitative estimate of drug-likeness (QED) is 0.355. The van der Waals surface area contributed by atoms with Gasteiger partial charge in [0.2, 0.25) is 0 Å². The molecular weight excluding hydrogens is 346 g/mol. The maximum atomic E-state index is 6.00. The Morgan fingerprint density at radius 3 is 2.29 bits per heavy atom. The van der Waals surface area contributed by atoms with Crippen molar-refractivity contribution in [3.05, 3.63) is 72.1 Å². The molecule has 1 aliphatic rings. The lowest BCUT2D eigenvalue weighted by Crippen LogP contribution is -2.21. The molecule has 1 unspecified atom stereocenters. The first kappa shape index (κ1) is 20.5. The summed E-state index contributed by atoms with van der Waals surface area (Å²) in [5, 5.41) is 3.32. The average molecular weight is 382 g/mol. The number of hydrogen-bond donors (Lipinski definition) is 1. The molecule has 2 aromatic rings. The van der Waals surface area contributed by atoms with E-state index in [4.69, 9.17) is 9.47 Å². The van der Waals surface area contributed by atoms with Gasteiger partial charge in [0.15, 0.2) is 5.88 Å². The molecule has 2 aromatic carbocycles. The van der Waals surface area contributed by atoms with Crippen molar-refractivity contribution in [3.8, 4) is 11.1 Å². The summed E-state index contributed by atoms with van der Waals surface area (Å²) in [5.41, 5.74) is 5.33. The van der Waals surface area contributed by atoms with Gasteiger partial charge in [-0.3, -0.25) is 0 Å². The Morgan fingerprint density at radius 1 is 1.04 bits per heavy atom. The Balaban J connectivity index is 0.00000300. The maximum absolute atomic E-state index is 6.00. The summed E-state index contributed by atoms with van der Waals surface area (Å²) < 4.78 is 11.8. The van der Waals surface area contributed by atoms with E-state index < -0.39 is 0 Å². The van der Waals surface area contributed by atoms with Crippen LogP contribution in [0.3, 0.4) is 0 Å². The summed E-state index contributed by atoms with van der Waals surface area (Å²) in [4.78, 5) is 0. The Labute approximate surface area is 171 Å².